The van der Waals surface area contributed by atoms with Crippen LogP contribution in [0.2, 0.25) is 0 Å². The molecule has 0 aliphatic carbocycles. The number of hydrogen-bond acceptors (Lipinski definition) is 1. The van der Waals surface area contributed by atoms with E-state index in [1.54, 1.807) is 24.3 Å². The molecule has 0 spiro atoms. The van der Waals surface area contributed by atoms with E-state index in [1.807, 2.05) is 6.92 Å². The van der Waals surface area contributed by atoms with Gasteiger partial charge in [0.05, 0.1) is 0 Å². The van der Waals surface area contributed by atoms with Crippen LogP contribution in [0.25, 0.3) is 0 Å². The van der Waals surface area contributed by atoms with Crippen LogP contribution in [0.5, 0.6) is 0 Å². The Balaban J connectivity index is 2.90. The van der Waals surface area contributed by atoms with Crippen molar-refractivity contribution >= 4 is 0 Å². The fourth-order valence-electron chi connectivity index (χ4n) is 1.12. The van der Waals surface area contributed by atoms with Crippen molar-refractivity contribution in [1.82, 2.24) is 0 Å². The smallest absolute Gasteiger partial charge is 0.126 e. The topological polar surface area (TPSA) is 26.0 Å². The second-order valence-corrected chi connectivity index (χ2v) is 3.18. The molecular weight excluding hydrogens is 177 g/mol. The number of hydrogen-bond donors (Lipinski definition) is 1. The summed E-state index contributed by atoms with van der Waals surface area (Å²) in [6, 6.07) is 6.64. The van der Waals surface area contributed by atoms with E-state index >= 15 is 0 Å². The first-order valence-electron chi connectivity index (χ1n) is 4.46. The molecule has 2 N–H and O–H groups in total. The molecule has 14 heavy (non-hydrogen) atoms. The van der Waals surface area contributed by atoms with E-state index in [4.69, 9.17) is 5.73 Å². The van der Waals surface area contributed by atoms with Crippen LogP contribution in [0.15, 0.2) is 48.2 Å². The lowest BCUT2D eigenvalue weighted by molar-refractivity contribution is 0.613. The van der Waals surface area contributed by atoms with Crippen molar-refractivity contribution < 1.29 is 4.39 Å². The molecule has 0 amide bonds. The molecule has 0 aliphatic rings. The molecule has 0 aromatic heterocycles. The van der Waals surface area contributed by atoms with Crippen molar-refractivity contribution in [2.45, 2.75) is 13.3 Å². The largest absolute Gasteiger partial charge is 0.402 e. The summed E-state index contributed by atoms with van der Waals surface area (Å²) in [6.45, 7) is 5.48. The van der Waals surface area contributed by atoms with Crippen molar-refractivity contribution in [2.24, 2.45) is 5.73 Å². The van der Waals surface area contributed by atoms with E-state index in [-0.39, 0.29) is 5.82 Å². The van der Waals surface area contributed by atoms with Crippen molar-refractivity contribution in [3.8, 4) is 0 Å². The van der Waals surface area contributed by atoms with Gasteiger partial charge in [-0.2, -0.15) is 0 Å². The second kappa shape index (κ2) is 4.61. The van der Waals surface area contributed by atoms with Gasteiger partial charge in [0, 0.05) is 12.1 Å². The van der Waals surface area contributed by atoms with E-state index in [0.717, 1.165) is 5.57 Å². The number of nitrogens with two attached hydrogens (primary N) is 1. The molecule has 1 aromatic carbocycles. The number of benzene rings is 1. The molecule has 0 saturated heterocycles. The highest BCUT2D eigenvalue weighted by atomic mass is 19.1. The van der Waals surface area contributed by atoms with E-state index in [0.29, 0.717) is 17.7 Å². The lowest BCUT2D eigenvalue weighted by Crippen LogP contribution is -2.05. The molecule has 2 heteroatoms. The van der Waals surface area contributed by atoms with Gasteiger partial charge in [-0.05, 0) is 24.1 Å². The maximum atomic E-state index is 13.2. The highest BCUT2D eigenvalue weighted by Crippen LogP contribution is 2.12. The molecule has 0 bridgehead atoms. The summed E-state index contributed by atoms with van der Waals surface area (Å²) in [6.07, 6.45) is 2.11. The van der Waals surface area contributed by atoms with Crippen LogP contribution in [-0.4, -0.2) is 0 Å². The Kier molecular flexibility index (Phi) is 3.46. The quantitative estimate of drug-likeness (QED) is 0.730. The molecule has 1 aromatic rings. The molecule has 0 unspecified atom stereocenters. The first-order chi connectivity index (χ1) is 6.65. The van der Waals surface area contributed by atoms with Crippen LogP contribution in [0.1, 0.15) is 12.5 Å². The van der Waals surface area contributed by atoms with Crippen LogP contribution in [-0.2, 0) is 6.42 Å². The third-order valence-electron chi connectivity index (χ3n) is 2.15. The van der Waals surface area contributed by atoms with Crippen molar-refractivity contribution in [1.29, 1.82) is 0 Å². The molecule has 1 nitrogen and oxygen atoms in total. The summed E-state index contributed by atoms with van der Waals surface area (Å²) in [7, 11) is 0. The summed E-state index contributed by atoms with van der Waals surface area (Å²) < 4.78 is 13.2. The molecular formula is C12H14FN. The number of halogens is 1. The third kappa shape index (κ3) is 2.46. The Morgan fingerprint density at radius 1 is 1.50 bits per heavy atom. The summed E-state index contributed by atoms with van der Waals surface area (Å²) >= 11 is 0. The zero-order chi connectivity index (χ0) is 10.6. The lowest BCUT2D eigenvalue weighted by Gasteiger charge is -2.05. The Morgan fingerprint density at radius 2 is 2.14 bits per heavy atom. The second-order valence-electron chi connectivity index (χ2n) is 3.18. The normalized spacial score (nSPS) is 12.1. The fraction of sp³-hybridized carbons (Fsp3) is 0.167. The van der Waals surface area contributed by atoms with Crippen molar-refractivity contribution in [3.63, 3.8) is 0 Å². The maximum absolute atomic E-state index is 13.2. The Hall–Kier alpha value is -1.57. The zero-order valence-electron chi connectivity index (χ0n) is 8.26. The van der Waals surface area contributed by atoms with Gasteiger partial charge in [0.15, 0.2) is 0 Å². The minimum Gasteiger partial charge on any atom is -0.402 e. The van der Waals surface area contributed by atoms with Gasteiger partial charge < -0.3 is 5.73 Å². The molecule has 0 fully saturated rings. The highest BCUT2D eigenvalue weighted by Gasteiger charge is 2.02. The van der Waals surface area contributed by atoms with Crippen LogP contribution in [0.4, 0.5) is 4.39 Å². The van der Waals surface area contributed by atoms with Gasteiger partial charge in [-0.25, -0.2) is 4.39 Å². The average molecular weight is 191 g/mol. The molecule has 0 heterocycles. The minimum absolute atomic E-state index is 0.215. The maximum Gasteiger partial charge on any atom is 0.126 e. The Bertz CT molecular complexity index is 366. The van der Waals surface area contributed by atoms with Crippen molar-refractivity contribution in [3.05, 3.63) is 59.6 Å². The summed E-state index contributed by atoms with van der Waals surface area (Å²) in [5.41, 5.74) is 7.94. The third-order valence-corrected chi connectivity index (χ3v) is 2.15. The average Bonchev–Trinajstić information content (AvgIpc) is 2.20. The SMILES string of the molecule is C=C/C(C)=C(/N)Cc1ccccc1F. The van der Waals surface area contributed by atoms with E-state index in [9.17, 15) is 4.39 Å². The highest BCUT2D eigenvalue weighted by molar-refractivity contribution is 5.27. The molecule has 0 saturated carbocycles. The predicted molar refractivity (Wildman–Crippen MR) is 57.2 cm³/mol. The molecule has 74 valence electrons. The standard InChI is InChI=1S/C12H14FN/c1-3-9(2)12(14)8-10-6-4-5-7-11(10)13/h3-7H,1,8,14H2,2H3/b12-9+. The van der Waals surface area contributed by atoms with Gasteiger partial charge in [0.2, 0.25) is 0 Å². The van der Waals surface area contributed by atoms with Gasteiger partial charge in [-0.1, -0.05) is 30.9 Å². The summed E-state index contributed by atoms with van der Waals surface area (Å²) in [4.78, 5) is 0. The van der Waals surface area contributed by atoms with E-state index < -0.39 is 0 Å². The monoisotopic (exact) mass is 191 g/mol. The van der Waals surface area contributed by atoms with Gasteiger partial charge in [-0.3, -0.25) is 0 Å². The van der Waals surface area contributed by atoms with Gasteiger partial charge in [0.25, 0.3) is 0 Å². The zero-order valence-corrected chi connectivity index (χ0v) is 8.26. The van der Waals surface area contributed by atoms with Gasteiger partial charge in [0.1, 0.15) is 5.82 Å². The molecule has 1 rings (SSSR count). The number of rotatable bonds is 3. The van der Waals surface area contributed by atoms with Crippen LogP contribution in [0, 0.1) is 5.82 Å². The molecule has 0 radical (unpaired) electrons. The van der Waals surface area contributed by atoms with Gasteiger partial charge >= 0.3 is 0 Å². The summed E-state index contributed by atoms with van der Waals surface area (Å²) in [5, 5.41) is 0. The Morgan fingerprint density at radius 3 is 2.71 bits per heavy atom. The van der Waals surface area contributed by atoms with E-state index in [2.05, 4.69) is 6.58 Å². The summed E-state index contributed by atoms with van der Waals surface area (Å²) in [5.74, 6) is -0.215. The van der Waals surface area contributed by atoms with Crippen molar-refractivity contribution in [2.75, 3.05) is 0 Å². The van der Waals surface area contributed by atoms with Crippen LogP contribution < -0.4 is 5.73 Å². The van der Waals surface area contributed by atoms with Crippen LogP contribution in [0.3, 0.4) is 0 Å². The Labute approximate surface area is 83.7 Å². The van der Waals surface area contributed by atoms with Gasteiger partial charge in [-0.15, -0.1) is 0 Å². The lowest BCUT2D eigenvalue weighted by atomic mass is 10.1. The molecule has 0 aliphatic heterocycles. The van der Waals surface area contributed by atoms with Crippen LogP contribution >= 0.6 is 0 Å². The first kappa shape index (κ1) is 10.5. The predicted octanol–water partition coefficient (Wildman–Crippen LogP) is 2.79. The minimum atomic E-state index is -0.215. The number of allylic oxidation sites excluding steroid dienone is 3. The first-order valence-corrected chi connectivity index (χ1v) is 4.46. The fourth-order valence-corrected chi connectivity index (χ4v) is 1.12. The molecule has 0 atom stereocenters. The van der Waals surface area contributed by atoms with E-state index in [1.165, 1.54) is 6.07 Å².